The SMILES string of the molecule is Cc1cc(C(N)c2ccoc2)cc(C)n1. The molecule has 0 fully saturated rings. The molecule has 0 aliphatic rings. The van der Waals surface area contributed by atoms with Crippen LogP contribution in [0.3, 0.4) is 0 Å². The molecule has 0 radical (unpaired) electrons. The van der Waals surface area contributed by atoms with Crippen LogP contribution in [0.25, 0.3) is 0 Å². The van der Waals surface area contributed by atoms with Crippen molar-refractivity contribution in [2.75, 3.05) is 0 Å². The van der Waals surface area contributed by atoms with Crippen LogP contribution >= 0.6 is 0 Å². The summed E-state index contributed by atoms with van der Waals surface area (Å²) in [5.41, 5.74) is 10.1. The van der Waals surface area contributed by atoms with Crippen molar-refractivity contribution in [2.24, 2.45) is 5.73 Å². The van der Waals surface area contributed by atoms with Gasteiger partial charge in [-0.15, -0.1) is 0 Å². The number of furan rings is 1. The number of aryl methyl sites for hydroxylation is 2. The van der Waals surface area contributed by atoms with Crippen LogP contribution in [0, 0.1) is 13.8 Å². The van der Waals surface area contributed by atoms with Crippen molar-refractivity contribution in [1.29, 1.82) is 0 Å². The first-order chi connectivity index (χ1) is 7.16. The molecule has 2 aromatic heterocycles. The first-order valence-corrected chi connectivity index (χ1v) is 4.89. The Kier molecular flexibility index (Phi) is 2.56. The molecule has 0 amide bonds. The van der Waals surface area contributed by atoms with E-state index in [4.69, 9.17) is 10.2 Å². The Morgan fingerprint density at radius 2 is 1.87 bits per heavy atom. The van der Waals surface area contributed by atoms with E-state index in [-0.39, 0.29) is 6.04 Å². The third kappa shape index (κ3) is 2.07. The van der Waals surface area contributed by atoms with Gasteiger partial charge in [-0.2, -0.15) is 0 Å². The Bertz CT molecular complexity index is 428. The fourth-order valence-corrected chi connectivity index (χ4v) is 1.69. The average Bonchev–Trinajstić information content (AvgIpc) is 2.67. The summed E-state index contributed by atoms with van der Waals surface area (Å²) in [6, 6.07) is 5.76. The van der Waals surface area contributed by atoms with Crippen LogP contribution in [0.15, 0.2) is 35.1 Å². The molecule has 15 heavy (non-hydrogen) atoms. The van der Waals surface area contributed by atoms with Crippen molar-refractivity contribution in [3.8, 4) is 0 Å². The van der Waals surface area contributed by atoms with Crippen molar-refractivity contribution in [2.45, 2.75) is 19.9 Å². The zero-order valence-corrected chi connectivity index (χ0v) is 8.90. The Labute approximate surface area is 88.9 Å². The molecule has 2 aromatic rings. The van der Waals surface area contributed by atoms with Crippen LogP contribution in [0.4, 0.5) is 0 Å². The highest BCUT2D eigenvalue weighted by molar-refractivity contribution is 5.31. The van der Waals surface area contributed by atoms with Gasteiger partial charge in [0.1, 0.15) is 0 Å². The van der Waals surface area contributed by atoms with Gasteiger partial charge in [0.05, 0.1) is 18.6 Å². The molecule has 0 spiro atoms. The van der Waals surface area contributed by atoms with Crippen LogP contribution in [0.5, 0.6) is 0 Å². The molecule has 0 saturated carbocycles. The largest absolute Gasteiger partial charge is 0.472 e. The first kappa shape index (κ1) is 9.93. The molecule has 0 aliphatic carbocycles. The van der Waals surface area contributed by atoms with E-state index in [1.165, 1.54) is 0 Å². The molecule has 1 unspecified atom stereocenters. The average molecular weight is 202 g/mol. The van der Waals surface area contributed by atoms with Gasteiger partial charge in [0, 0.05) is 17.0 Å². The highest BCUT2D eigenvalue weighted by Crippen LogP contribution is 2.20. The lowest BCUT2D eigenvalue weighted by Crippen LogP contribution is -2.11. The molecule has 3 nitrogen and oxygen atoms in total. The Morgan fingerprint density at radius 1 is 1.20 bits per heavy atom. The minimum absolute atomic E-state index is 0.135. The van der Waals surface area contributed by atoms with E-state index in [0.29, 0.717) is 0 Å². The lowest BCUT2D eigenvalue weighted by atomic mass is 10.0. The van der Waals surface area contributed by atoms with E-state index in [1.807, 2.05) is 32.0 Å². The van der Waals surface area contributed by atoms with Crippen molar-refractivity contribution in [1.82, 2.24) is 4.98 Å². The molecule has 0 bridgehead atoms. The number of nitrogens with zero attached hydrogens (tertiary/aromatic N) is 1. The molecule has 0 saturated heterocycles. The van der Waals surface area contributed by atoms with Gasteiger partial charge in [0.2, 0.25) is 0 Å². The van der Waals surface area contributed by atoms with E-state index < -0.39 is 0 Å². The summed E-state index contributed by atoms with van der Waals surface area (Å²) < 4.78 is 5.02. The van der Waals surface area contributed by atoms with Gasteiger partial charge in [0.25, 0.3) is 0 Å². The molecule has 1 atom stereocenters. The quantitative estimate of drug-likeness (QED) is 0.813. The summed E-state index contributed by atoms with van der Waals surface area (Å²) in [6.45, 7) is 3.94. The molecular weight excluding hydrogens is 188 g/mol. The summed E-state index contributed by atoms with van der Waals surface area (Å²) in [5, 5.41) is 0. The molecular formula is C12H14N2O. The van der Waals surface area contributed by atoms with Crippen LogP contribution in [-0.2, 0) is 0 Å². The maximum atomic E-state index is 6.11. The molecule has 0 aliphatic heterocycles. The van der Waals surface area contributed by atoms with Gasteiger partial charge in [-0.3, -0.25) is 4.98 Å². The Morgan fingerprint density at radius 3 is 2.40 bits per heavy atom. The summed E-state index contributed by atoms with van der Waals surface area (Å²) >= 11 is 0. The molecule has 78 valence electrons. The summed E-state index contributed by atoms with van der Waals surface area (Å²) in [5.74, 6) is 0. The second-order valence-electron chi connectivity index (χ2n) is 3.72. The van der Waals surface area contributed by atoms with Gasteiger partial charge >= 0.3 is 0 Å². The second-order valence-corrected chi connectivity index (χ2v) is 3.72. The smallest absolute Gasteiger partial charge is 0.0953 e. The number of hydrogen-bond acceptors (Lipinski definition) is 3. The maximum Gasteiger partial charge on any atom is 0.0953 e. The van der Waals surface area contributed by atoms with Crippen LogP contribution in [-0.4, -0.2) is 4.98 Å². The van der Waals surface area contributed by atoms with Gasteiger partial charge < -0.3 is 10.2 Å². The lowest BCUT2D eigenvalue weighted by Gasteiger charge is -2.11. The third-order valence-corrected chi connectivity index (χ3v) is 2.37. The second kappa shape index (κ2) is 3.87. The van der Waals surface area contributed by atoms with Crippen molar-refractivity contribution in [3.63, 3.8) is 0 Å². The summed E-state index contributed by atoms with van der Waals surface area (Å²) in [4.78, 5) is 4.32. The van der Waals surface area contributed by atoms with Crippen LogP contribution in [0.1, 0.15) is 28.6 Å². The van der Waals surface area contributed by atoms with Crippen molar-refractivity contribution < 1.29 is 4.42 Å². The van der Waals surface area contributed by atoms with E-state index in [2.05, 4.69) is 4.98 Å². The van der Waals surface area contributed by atoms with Crippen LogP contribution in [0.2, 0.25) is 0 Å². The molecule has 2 heterocycles. The highest BCUT2D eigenvalue weighted by atomic mass is 16.3. The summed E-state index contributed by atoms with van der Waals surface area (Å²) in [7, 11) is 0. The van der Waals surface area contributed by atoms with E-state index >= 15 is 0 Å². The standard InChI is InChI=1S/C12H14N2O/c1-8-5-11(6-9(2)14-8)12(13)10-3-4-15-7-10/h3-7,12H,13H2,1-2H3. The Hall–Kier alpha value is -1.61. The number of aromatic nitrogens is 1. The monoisotopic (exact) mass is 202 g/mol. The predicted molar refractivity (Wildman–Crippen MR) is 58.4 cm³/mol. The molecule has 2 N–H and O–H groups in total. The van der Waals surface area contributed by atoms with Crippen LogP contribution < -0.4 is 5.73 Å². The van der Waals surface area contributed by atoms with Gasteiger partial charge in [-0.05, 0) is 37.6 Å². The number of hydrogen-bond donors (Lipinski definition) is 1. The molecule has 2 rings (SSSR count). The summed E-state index contributed by atoms with van der Waals surface area (Å²) in [6.07, 6.45) is 3.31. The minimum Gasteiger partial charge on any atom is -0.472 e. The number of nitrogens with two attached hydrogens (primary N) is 1. The third-order valence-electron chi connectivity index (χ3n) is 2.37. The van der Waals surface area contributed by atoms with Crippen molar-refractivity contribution in [3.05, 3.63) is 53.2 Å². The van der Waals surface area contributed by atoms with Gasteiger partial charge in [-0.25, -0.2) is 0 Å². The zero-order valence-electron chi connectivity index (χ0n) is 8.90. The van der Waals surface area contributed by atoms with Gasteiger partial charge in [0.15, 0.2) is 0 Å². The number of rotatable bonds is 2. The number of pyridine rings is 1. The topological polar surface area (TPSA) is 52.0 Å². The van der Waals surface area contributed by atoms with E-state index in [1.54, 1.807) is 12.5 Å². The highest BCUT2D eigenvalue weighted by Gasteiger charge is 2.10. The molecule has 3 heteroatoms. The predicted octanol–water partition coefficient (Wildman–Crippen LogP) is 2.34. The fourth-order valence-electron chi connectivity index (χ4n) is 1.69. The molecule has 0 aromatic carbocycles. The van der Waals surface area contributed by atoms with E-state index in [0.717, 1.165) is 22.5 Å². The lowest BCUT2D eigenvalue weighted by molar-refractivity contribution is 0.562. The fraction of sp³-hybridized carbons (Fsp3) is 0.250. The first-order valence-electron chi connectivity index (χ1n) is 4.89. The maximum absolute atomic E-state index is 6.11. The Balaban J connectivity index is 2.37. The minimum atomic E-state index is -0.135. The zero-order chi connectivity index (χ0) is 10.8. The normalized spacial score (nSPS) is 12.7. The van der Waals surface area contributed by atoms with Crippen molar-refractivity contribution >= 4 is 0 Å². The van der Waals surface area contributed by atoms with Gasteiger partial charge in [-0.1, -0.05) is 0 Å². The van der Waals surface area contributed by atoms with E-state index in [9.17, 15) is 0 Å².